The number of methoxy groups -OCH3 is 1. The number of rotatable bonds is 1. The lowest BCUT2D eigenvalue weighted by Crippen LogP contribution is -2.05. The number of anilines is 1. The van der Waals surface area contributed by atoms with Crippen LogP contribution in [0.2, 0.25) is 0 Å². The maximum absolute atomic E-state index is 11.7. The second kappa shape index (κ2) is 3.31. The molecule has 2 aromatic rings. The Morgan fingerprint density at radius 1 is 1.33 bits per heavy atom. The molecule has 1 heterocycles. The molecule has 0 fully saturated rings. The highest BCUT2D eigenvalue weighted by Gasteiger charge is 2.06. The molecular formula is C11H12N2O2. The molecule has 0 amide bonds. The first-order valence-corrected chi connectivity index (χ1v) is 4.59. The number of H-pyrrole nitrogens is 1. The van der Waals surface area contributed by atoms with Crippen LogP contribution in [-0.4, -0.2) is 12.1 Å². The van der Waals surface area contributed by atoms with Crippen LogP contribution in [0.5, 0.6) is 5.75 Å². The average Bonchev–Trinajstić information content (AvgIpc) is 2.18. The van der Waals surface area contributed by atoms with E-state index in [9.17, 15) is 4.79 Å². The number of hydrogen-bond donors (Lipinski definition) is 2. The van der Waals surface area contributed by atoms with Gasteiger partial charge in [0.15, 0.2) is 5.43 Å². The van der Waals surface area contributed by atoms with Crippen LogP contribution < -0.4 is 15.9 Å². The number of nitrogen functional groups attached to an aromatic ring is 1. The zero-order valence-electron chi connectivity index (χ0n) is 8.63. The Hall–Kier alpha value is -1.97. The maximum Gasteiger partial charge on any atom is 0.189 e. The van der Waals surface area contributed by atoms with Crippen LogP contribution in [0.3, 0.4) is 0 Å². The molecule has 0 radical (unpaired) electrons. The quantitative estimate of drug-likeness (QED) is 0.690. The van der Waals surface area contributed by atoms with Gasteiger partial charge in [0.2, 0.25) is 0 Å². The highest BCUT2D eigenvalue weighted by Crippen LogP contribution is 2.24. The van der Waals surface area contributed by atoms with Gasteiger partial charge in [0.1, 0.15) is 5.75 Å². The van der Waals surface area contributed by atoms with Gasteiger partial charge in [-0.25, -0.2) is 0 Å². The Bertz CT molecular complexity index is 573. The highest BCUT2D eigenvalue weighted by atomic mass is 16.5. The fourth-order valence-electron chi connectivity index (χ4n) is 1.63. The van der Waals surface area contributed by atoms with E-state index in [1.54, 1.807) is 25.3 Å². The molecule has 0 saturated heterocycles. The number of fused-ring (bicyclic) bond motifs is 1. The second-order valence-electron chi connectivity index (χ2n) is 3.46. The number of aromatic nitrogens is 1. The van der Waals surface area contributed by atoms with Crippen LogP contribution in [0.1, 0.15) is 5.69 Å². The number of nitrogens with one attached hydrogen (secondary N) is 1. The van der Waals surface area contributed by atoms with E-state index < -0.39 is 0 Å². The van der Waals surface area contributed by atoms with Crippen LogP contribution in [0.25, 0.3) is 10.9 Å². The van der Waals surface area contributed by atoms with Gasteiger partial charge in [0, 0.05) is 23.5 Å². The molecular weight excluding hydrogens is 192 g/mol. The summed E-state index contributed by atoms with van der Waals surface area (Å²) in [4.78, 5) is 14.8. The van der Waals surface area contributed by atoms with Gasteiger partial charge in [-0.1, -0.05) is 0 Å². The van der Waals surface area contributed by atoms with Crippen LogP contribution in [0, 0.1) is 6.92 Å². The third kappa shape index (κ3) is 1.54. The zero-order chi connectivity index (χ0) is 11.0. The van der Waals surface area contributed by atoms with Crippen LogP contribution in [0.4, 0.5) is 5.69 Å². The zero-order valence-corrected chi connectivity index (χ0v) is 8.63. The summed E-state index contributed by atoms with van der Waals surface area (Å²) in [6.45, 7) is 1.83. The largest absolute Gasteiger partial charge is 0.494 e. The minimum Gasteiger partial charge on any atom is -0.494 e. The molecule has 15 heavy (non-hydrogen) atoms. The van der Waals surface area contributed by atoms with E-state index in [2.05, 4.69) is 4.98 Å². The molecule has 0 aliphatic carbocycles. The molecule has 2 rings (SSSR count). The predicted octanol–water partition coefficient (Wildman–Crippen LogP) is 1.43. The minimum absolute atomic E-state index is 0.0492. The van der Waals surface area contributed by atoms with Crippen molar-refractivity contribution in [2.75, 3.05) is 12.8 Å². The molecule has 1 aromatic carbocycles. The van der Waals surface area contributed by atoms with E-state index in [1.807, 2.05) is 6.92 Å². The van der Waals surface area contributed by atoms with Gasteiger partial charge in [-0.2, -0.15) is 0 Å². The molecule has 4 heteroatoms. The van der Waals surface area contributed by atoms with Gasteiger partial charge in [0.05, 0.1) is 18.0 Å². The lowest BCUT2D eigenvalue weighted by molar-refractivity contribution is 0.419. The monoisotopic (exact) mass is 204 g/mol. The van der Waals surface area contributed by atoms with Gasteiger partial charge in [-0.15, -0.1) is 0 Å². The maximum atomic E-state index is 11.7. The Morgan fingerprint density at radius 3 is 2.73 bits per heavy atom. The third-order valence-corrected chi connectivity index (χ3v) is 2.28. The van der Waals surface area contributed by atoms with Crippen molar-refractivity contribution in [1.82, 2.24) is 4.98 Å². The Balaban J connectivity index is 2.96. The molecule has 0 atom stereocenters. The molecule has 0 saturated carbocycles. The van der Waals surface area contributed by atoms with Gasteiger partial charge < -0.3 is 15.5 Å². The molecule has 1 aromatic heterocycles. The van der Waals surface area contributed by atoms with E-state index in [-0.39, 0.29) is 5.43 Å². The van der Waals surface area contributed by atoms with Crippen molar-refractivity contribution in [3.8, 4) is 5.75 Å². The summed E-state index contributed by atoms with van der Waals surface area (Å²) in [6.07, 6.45) is 0. The molecule has 0 unspecified atom stereocenters. The number of aryl methyl sites for hydroxylation is 1. The Labute approximate surface area is 86.7 Å². The smallest absolute Gasteiger partial charge is 0.189 e. The van der Waals surface area contributed by atoms with Crippen molar-refractivity contribution in [1.29, 1.82) is 0 Å². The van der Waals surface area contributed by atoms with Crippen LogP contribution in [-0.2, 0) is 0 Å². The number of aromatic amines is 1. The van der Waals surface area contributed by atoms with Crippen molar-refractivity contribution >= 4 is 16.6 Å². The fraction of sp³-hybridized carbons (Fsp3) is 0.182. The highest BCUT2D eigenvalue weighted by molar-refractivity contribution is 5.87. The Kier molecular flexibility index (Phi) is 2.11. The molecule has 3 N–H and O–H groups in total. The van der Waals surface area contributed by atoms with Crippen molar-refractivity contribution in [3.05, 3.63) is 34.1 Å². The lowest BCUT2D eigenvalue weighted by atomic mass is 10.1. The molecule has 4 nitrogen and oxygen atoms in total. The molecule has 0 spiro atoms. The average molecular weight is 204 g/mol. The normalized spacial score (nSPS) is 10.5. The summed E-state index contributed by atoms with van der Waals surface area (Å²) < 4.78 is 5.17. The van der Waals surface area contributed by atoms with Crippen molar-refractivity contribution in [2.24, 2.45) is 0 Å². The van der Waals surface area contributed by atoms with E-state index in [0.29, 0.717) is 22.3 Å². The standard InChI is InChI=1S/C11H12N2O2/c1-6-3-9(14)8-4-7(12)5-10(15-2)11(8)13-6/h3-5H,12H2,1-2H3,(H,13,14). The predicted molar refractivity (Wildman–Crippen MR) is 60.3 cm³/mol. The molecule has 78 valence electrons. The van der Waals surface area contributed by atoms with E-state index in [4.69, 9.17) is 10.5 Å². The molecule has 0 bridgehead atoms. The number of nitrogens with two attached hydrogens (primary N) is 1. The number of ether oxygens (including phenoxy) is 1. The third-order valence-electron chi connectivity index (χ3n) is 2.28. The van der Waals surface area contributed by atoms with Gasteiger partial charge >= 0.3 is 0 Å². The topological polar surface area (TPSA) is 68.1 Å². The first-order valence-electron chi connectivity index (χ1n) is 4.59. The van der Waals surface area contributed by atoms with Crippen molar-refractivity contribution in [2.45, 2.75) is 6.92 Å². The van der Waals surface area contributed by atoms with Gasteiger partial charge in [-0.3, -0.25) is 4.79 Å². The van der Waals surface area contributed by atoms with E-state index in [1.165, 1.54) is 0 Å². The first-order chi connectivity index (χ1) is 7.11. The van der Waals surface area contributed by atoms with E-state index >= 15 is 0 Å². The number of pyridine rings is 1. The minimum atomic E-state index is -0.0492. The van der Waals surface area contributed by atoms with Crippen LogP contribution in [0.15, 0.2) is 23.0 Å². The van der Waals surface area contributed by atoms with Crippen LogP contribution >= 0.6 is 0 Å². The second-order valence-corrected chi connectivity index (χ2v) is 3.46. The SMILES string of the molecule is COc1cc(N)cc2c(=O)cc(C)[nH]c12. The summed E-state index contributed by atoms with van der Waals surface area (Å²) in [6, 6.07) is 4.88. The summed E-state index contributed by atoms with van der Waals surface area (Å²) >= 11 is 0. The molecule has 0 aliphatic heterocycles. The Morgan fingerprint density at radius 2 is 2.07 bits per heavy atom. The van der Waals surface area contributed by atoms with Crippen molar-refractivity contribution in [3.63, 3.8) is 0 Å². The van der Waals surface area contributed by atoms with Gasteiger partial charge in [0.25, 0.3) is 0 Å². The van der Waals surface area contributed by atoms with E-state index in [0.717, 1.165) is 5.69 Å². The van der Waals surface area contributed by atoms with Crippen molar-refractivity contribution < 1.29 is 4.74 Å². The summed E-state index contributed by atoms with van der Waals surface area (Å²) in [5.41, 5.74) is 7.64. The summed E-state index contributed by atoms with van der Waals surface area (Å²) in [7, 11) is 1.55. The lowest BCUT2D eigenvalue weighted by Gasteiger charge is -2.07. The number of hydrogen-bond acceptors (Lipinski definition) is 3. The fourth-order valence-corrected chi connectivity index (χ4v) is 1.63. The summed E-state index contributed by atoms with van der Waals surface area (Å²) in [5, 5.41) is 0.553. The summed E-state index contributed by atoms with van der Waals surface area (Å²) in [5.74, 6) is 0.589. The van der Waals surface area contributed by atoms with Gasteiger partial charge in [-0.05, 0) is 13.0 Å². The molecule has 0 aliphatic rings. The number of benzene rings is 1. The first kappa shape index (κ1) is 9.58.